The molecular weight excluding hydrogens is 380 g/mol. The standard InChI is InChI=1S/C29H38O2/c1-6-7-8-9-22(13-10-21-11-14-23(15-12-21)27(30)31)24-16-17-25-26(20-24)29(4,5)19-18-28(25,2)3/h10-17,20,22H,6-9,18-19H2,1-5H3,(H,30,31)/b13-10+. The fourth-order valence-corrected chi connectivity index (χ4v) is 4.79. The van der Waals surface area contributed by atoms with Crippen LogP contribution in [0, 0.1) is 0 Å². The van der Waals surface area contributed by atoms with Crippen molar-refractivity contribution in [2.45, 2.75) is 89.9 Å². The first-order valence-electron chi connectivity index (χ1n) is 11.8. The maximum absolute atomic E-state index is 11.1. The van der Waals surface area contributed by atoms with Crippen molar-refractivity contribution in [2.24, 2.45) is 0 Å². The minimum absolute atomic E-state index is 0.214. The van der Waals surface area contributed by atoms with Crippen molar-refractivity contribution in [3.8, 4) is 0 Å². The van der Waals surface area contributed by atoms with Crippen molar-refractivity contribution in [2.75, 3.05) is 0 Å². The lowest BCUT2D eigenvalue weighted by molar-refractivity contribution is 0.0697. The van der Waals surface area contributed by atoms with Gasteiger partial charge in [-0.2, -0.15) is 0 Å². The molecule has 1 atom stereocenters. The second-order valence-electron chi connectivity index (χ2n) is 10.5. The summed E-state index contributed by atoms with van der Waals surface area (Å²) in [5.74, 6) is -0.510. The zero-order chi connectivity index (χ0) is 22.6. The average molecular weight is 419 g/mol. The fourth-order valence-electron chi connectivity index (χ4n) is 4.79. The van der Waals surface area contributed by atoms with Gasteiger partial charge in [0.15, 0.2) is 0 Å². The third kappa shape index (κ3) is 5.47. The monoisotopic (exact) mass is 418 g/mol. The molecule has 0 aliphatic heterocycles. The van der Waals surface area contributed by atoms with Gasteiger partial charge in [-0.05, 0) is 64.5 Å². The van der Waals surface area contributed by atoms with E-state index in [1.165, 1.54) is 48.8 Å². The second-order valence-corrected chi connectivity index (χ2v) is 10.5. The van der Waals surface area contributed by atoms with E-state index in [0.717, 1.165) is 12.0 Å². The summed E-state index contributed by atoms with van der Waals surface area (Å²) in [6.45, 7) is 11.8. The first kappa shape index (κ1) is 23.3. The summed E-state index contributed by atoms with van der Waals surface area (Å²) in [6, 6.07) is 14.3. The van der Waals surface area contributed by atoms with Crippen molar-refractivity contribution in [3.63, 3.8) is 0 Å². The number of hydrogen-bond donors (Lipinski definition) is 1. The van der Waals surface area contributed by atoms with Gasteiger partial charge < -0.3 is 5.11 Å². The molecule has 0 fully saturated rings. The minimum atomic E-state index is -0.882. The Morgan fingerprint density at radius 2 is 1.61 bits per heavy atom. The molecule has 2 aromatic carbocycles. The maximum Gasteiger partial charge on any atom is 0.335 e. The molecule has 1 aliphatic carbocycles. The average Bonchev–Trinajstić information content (AvgIpc) is 2.74. The summed E-state index contributed by atoms with van der Waals surface area (Å²) in [5, 5.41) is 9.12. The molecule has 2 nitrogen and oxygen atoms in total. The quantitative estimate of drug-likeness (QED) is 0.440. The lowest BCUT2D eigenvalue weighted by Crippen LogP contribution is -2.34. The van der Waals surface area contributed by atoms with Gasteiger partial charge >= 0.3 is 5.97 Å². The molecular formula is C29H38O2. The van der Waals surface area contributed by atoms with E-state index in [0.29, 0.717) is 11.5 Å². The largest absolute Gasteiger partial charge is 0.478 e. The van der Waals surface area contributed by atoms with Crippen molar-refractivity contribution in [1.82, 2.24) is 0 Å². The van der Waals surface area contributed by atoms with Crippen molar-refractivity contribution in [3.05, 3.63) is 76.4 Å². The molecule has 0 amide bonds. The van der Waals surface area contributed by atoms with E-state index >= 15 is 0 Å². The molecule has 0 saturated carbocycles. The molecule has 0 radical (unpaired) electrons. The molecule has 3 rings (SSSR count). The smallest absolute Gasteiger partial charge is 0.335 e. The van der Waals surface area contributed by atoms with Crippen molar-refractivity contribution in [1.29, 1.82) is 0 Å². The molecule has 0 saturated heterocycles. The minimum Gasteiger partial charge on any atom is -0.478 e. The Labute approximate surface area is 188 Å². The van der Waals surface area contributed by atoms with Crippen molar-refractivity contribution >= 4 is 12.0 Å². The molecule has 0 aromatic heterocycles. The van der Waals surface area contributed by atoms with Crippen LogP contribution in [0.1, 0.15) is 112 Å². The van der Waals surface area contributed by atoms with Crippen LogP contribution in [0.4, 0.5) is 0 Å². The topological polar surface area (TPSA) is 37.3 Å². The van der Waals surface area contributed by atoms with Crippen LogP contribution in [-0.2, 0) is 10.8 Å². The van der Waals surface area contributed by atoms with Crippen LogP contribution in [0.5, 0.6) is 0 Å². The summed E-state index contributed by atoms with van der Waals surface area (Å²) in [7, 11) is 0. The Kier molecular flexibility index (Phi) is 7.09. The molecule has 31 heavy (non-hydrogen) atoms. The zero-order valence-electron chi connectivity index (χ0n) is 19.9. The highest BCUT2D eigenvalue weighted by Gasteiger charge is 2.37. The molecule has 1 N–H and O–H groups in total. The molecule has 2 aromatic rings. The first-order valence-corrected chi connectivity index (χ1v) is 11.8. The number of hydrogen-bond acceptors (Lipinski definition) is 1. The molecule has 166 valence electrons. The molecule has 0 spiro atoms. The number of unbranched alkanes of at least 4 members (excludes halogenated alkanes) is 2. The van der Waals surface area contributed by atoms with Gasteiger partial charge in [-0.1, -0.05) is 96.4 Å². The molecule has 0 heterocycles. The number of allylic oxidation sites excluding steroid dienone is 1. The van der Waals surface area contributed by atoms with Crippen LogP contribution in [0.25, 0.3) is 6.08 Å². The Hall–Kier alpha value is -2.35. The number of carboxylic acid groups (broad SMARTS) is 1. The zero-order valence-corrected chi connectivity index (χ0v) is 19.9. The summed E-state index contributed by atoms with van der Waals surface area (Å²) in [4.78, 5) is 11.1. The number of fused-ring (bicyclic) bond motifs is 1. The molecule has 0 bridgehead atoms. The number of rotatable bonds is 8. The molecule has 1 unspecified atom stereocenters. The number of carboxylic acids is 1. The van der Waals surface area contributed by atoms with Crippen LogP contribution in [0.2, 0.25) is 0 Å². The Morgan fingerprint density at radius 3 is 2.23 bits per heavy atom. The normalized spacial score (nSPS) is 18.0. The molecule has 1 aliphatic rings. The van der Waals surface area contributed by atoms with Gasteiger partial charge in [0, 0.05) is 5.92 Å². The summed E-state index contributed by atoms with van der Waals surface area (Å²) in [5.41, 5.74) is 6.25. The Balaban J connectivity index is 1.92. The van der Waals surface area contributed by atoms with Crippen LogP contribution in [-0.4, -0.2) is 11.1 Å². The molecule has 2 heteroatoms. The SMILES string of the molecule is CCCCCC(/C=C/c1ccc(C(=O)O)cc1)c1ccc2c(c1)C(C)(C)CCC2(C)C. The van der Waals surface area contributed by atoms with Gasteiger partial charge in [0.25, 0.3) is 0 Å². The highest BCUT2D eigenvalue weighted by atomic mass is 16.4. The third-order valence-corrected chi connectivity index (χ3v) is 7.10. The highest BCUT2D eigenvalue weighted by Crippen LogP contribution is 2.46. The van der Waals surface area contributed by atoms with Gasteiger partial charge in [0.1, 0.15) is 0 Å². The van der Waals surface area contributed by atoms with E-state index in [1.807, 2.05) is 12.1 Å². The fraction of sp³-hybridized carbons (Fsp3) is 0.483. The highest BCUT2D eigenvalue weighted by molar-refractivity contribution is 5.87. The number of benzene rings is 2. The van der Waals surface area contributed by atoms with Gasteiger partial charge in [0.2, 0.25) is 0 Å². The van der Waals surface area contributed by atoms with Crippen LogP contribution in [0.15, 0.2) is 48.5 Å². The van der Waals surface area contributed by atoms with E-state index in [2.05, 4.69) is 65.0 Å². The van der Waals surface area contributed by atoms with E-state index in [4.69, 9.17) is 5.11 Å². The van der Waals surface area contributed by atoms with E-state index in [9.17, 15) is 4.79 Å². The first-order chi connectivity index (χ1) is 14.6. The summed E-state index contributed by atoms with van der Waals surface area (Å²) in [6.07, 6.45) is 11.8. The number of aromatic carboxylic acids is 1. The van der Waals surface area contributed by atoms with E-state index in [-0.39, 0.29) is 10.8 Å². The lowest BCUT2D eigenvalue weighted by Gasteiger charge is -2.42. The van der Waals surface area contributed by atoms with Crippen LogP contribution in [0.3, 0.4) is 0 Å². The predicted molar refractivity (Wildman–Crippen MR) is 131 cm³/mol. The lowest BCUT2D eigenvalue weighted by atomic mass is 9.62. The van der Waals surface area contributed by atoms with E-state index in [1.54, 1.807) is 12.1 Å². The van der Waals surface area contributed by atoms with Crippen LogP contribution >= 0.6 is 0 Å². The summed E-state index contributed by atoms with van der Waals surface area (Å²) >= 11 is 0. The van der Waals surface area contributed by atoms with Gasteiger partial charge in [0.05, 0.1) is 5.56 Å². The van der Waals surface area contributed by atoms with Gasteiger partial charge in [-0.3, -0.25) is 0 Å². The second kappa shape index (κ2) is 9.42. The van der Waals surface area contributed by atoms with Gasteiger partial charge in [-0.15, -0.1) is 0 Å². The predicted octanol–water partition coefficient (Wildman–Crippen LogP) is 8.11. The number of carbonyl (C=O) groups is 1. The van der Waals surface area contributed by atoms with Crippen LogP contribution < -0.4 is 0 Å². The Morgan fingerprint density at radius 1 is 0.968 bits per heavy atom. The Bertz CT molecular complexity index is 932. The van der Waals surface area contributed by atoms with Crippen molar-refractivity contribution < 1.29 is 9.90 Å². The van der Waals surface area contributed by atoms with E-state index < -0.39 is 5.97 Å². The maximum atomic E-state index is 11.1. The third-order valence-electron chi connectivity index (χ3n) is 7.10. The van der Waals surface area contributed by atoms with Gasteiger partial charge in [-0.25, -0.2) is 4.79 Å². The summed E-state index contributed by atoms with van der Waals surface area (Å²) < 4.78 is 0.